The molecule has 1 aromatic heterocycles. The van der Waals surface area contributed by atoms with E-state index in [0.717, 1.165) is 55.0 Å². The molecule has 0 saturated carbocycles. The lowest BCUT2D eigenvalue weighted by Crippen LogP contribution is -2.52. The number of aromatic nitrogens is 2. The number of aryl methyl sites for hydroxylation is 1. The van der Waals surface area contributed by atoms with Crippen molar-refractivity contribution >= 4 is 17.7 Å². The Bertz CT molecular complexity index is 1490. The van der Waals surface area contributed by atoms with E-state index >= 15 is 0 Å². The Kier molecular flexibility index (Phi) is 5.59. The van der Waals surface area contributed by atoms with Crippen LogP contribution in [-0.4, -0.2) is 63.0 Å². The van der Waals surface area contributed by atoms with Gasteiger partial charge in [-0.2, -0.15) is 5.10 Å². The third-order valence-electron chi connectivity index (χ3n) is 8.89. The number of imide groups is 1. The van der Waals surface area contributed by atoms with Crippen LogP contribution in [0.4, 0.5) is 0 Å². The van der Waals surface area contributed by atoms with Crippen molar-refractivity contribution in [3.05, 3.63) is 70.9 Å². The Balaban J connectivity index is 1.08. The number of fused-ring (bicyclic) bond motifs is 4. The van der Waals surface area contributed by atoms with E-state index in [2.05, 4.69) is 34.6 Å². The van der Waals surface area contributed by atoms with Crippen molar-refractivity contribution in [3.8, 4) is 17.0 Å². The van der Waals surface area contributed by atoms with Crippen LogP contribution in [0.1, 0.15) is 52.7 Å². The highest BCUT2D eigenvalue weighted by atomic mass is 16.5. The molecule has 39 heavy (non-hydrogen) atoms. The number of amides is 3. The van der Waals surface area contributed by atoms with Crippen molar-refractivity contribution in [1.82, 2.24) is 24.9 Å². The van der Waals surface area contributed by atoms with E-state index in [-0.39, 0.29) is 23.7 Å². The highest BCUT2D eigenvalue weighted by Gasteiger charge is 2.47. The molecule has 0 bridgehead atoms. The molecule has 3 amide bonds. The average molecular weight is 526 g/mol. The lowest BCUT2D eigenvalue weighted by atomic mass is 9.74. The number of nitrogens with zero attached hydrogens (tertiary/aromatic N) is 4. The number of carbonyl (C=O) groups is 3. The number of carbonyl (C=O) groups excluding carboxylic acids is 3. The number of ether oxygens (including phenoxy) is 1. The topological polar surface area (TPSA) is 96.8 Å². The molecule has 4 aliphatic rings. The summed E-state index contributed by atoms with van der Waals surface area (Å²) in [6.45, 7) is 3.70. The fourth-order valence-corrected chi connectivity index (χ4v) is 6.77. The Morgan fingerprint density at radius 2 is 1.87 bits per heavy atom. The Morgan fingerprint density at radius 3 is 2.64 bits per heavy atom. The second-order valence-electron chi connectivity index (χ2n) is 11.3. The summed E-state index contributed by atoms with van der Waals surface area (Å²) in [5.74, 6) is -0.00865. The maximum Gasteiger partial charge on any atom is 0.255 e. The van der Waals surface area contributed by atoms with Crippen LogP contribution >= 0.6 is 0 Å². The first kappa shape index (κ1) is 24.1. The van der Waals surface area contributed by atoms with Crippen molar-refractivity contribution < 1.29 is 19.1 Å². The van der Waals surface area contributed by atoms with Crippen molar-refractivity contribution in [2.24, 2.45) is 7.05 Å². The van der Waals surface area contributed by atoms with Crippen molar-refractivity contribution in [1.29, 1.82) is 0 Å². The summed E-state index contributed by atoms with van der Waals surface area (Å²) in [5.41, 5.74) is 6.01. The molecule has 2 fully saturated rings. The first-order valence-electron chi connectivity index (χ1n) is 13.7. The highest BCUT2D eigenvalue weighted by molar-refractivity contribution is 6.05. The summed E-state index contributed by atoms with van der Waals surface area (Å²) < 4.78 is 8.22. The second-order valence-corrected chi connectivity index (χ2v) is 11.3. The van der Waals surface area contributed by atoms with E-state index in [4.69, 9.17) is 9.84 Å². The zero-order chi connectivity index (χ0) is 26.7. The minimum absolute atomic E-state index is 0.0663. The van der Waals surface area contributed by atoms with Crippen LogP contribution in [0.3, 0.4) is 0 Å². The minimum Gasteiger partial charge on any atom is -0.492 e. The van der Waals surface area contributed by atoms with Gasteiger partial charge in [0.25, 0.3) is 5.91 Å². The van der Waals surface area contributed by atoms with Crippen LogP contribution in [0.5, 0.6) is 5.75 Å². The second kappa shape index (κ2) is 9.05. The first-order chi connectivity index (χ1) is 18.9. The molecular formula is C30H31N5O4. The van der Waals surface area contributed by atoms with Crippen LogP contribution in [0, 0.1) is 0 Å². The van der Waals surface area contributed by atoms with Gasteiger partial charge in [-0.25, -0.2) is 0 Å². The lowest BCUT2D eigenvalue weighted by Gasteiger charge is -2.38. The maximum absolute atomic E-state index is 13.2. The van der Waals surface area contributed by atoms with Gasteiger partial charge in [0.15, 0.2) is 0 Å². The summed E-state index contributed by atoms with van der Waals surface area (Å²) >= 11 is 0. The summed E-state index contributed by atoms with van der Waals surface area (Å²) in [4.78, 5) is 41.4. The molecule has 5 heterocycles. The maximum atomic E-state index is 13.2. The molecule has 0 radical (unpaired) electrons. The molecule has 4 aliphatic heterocycles. The van der Waals surface area contributed by atoms with Gasteiger partial charge in [-0.1, -0.05) is 36.4 Å². The van der Waals surface area contributed by atoms with E-state index < -0.39 is 11.9 Å². The zero-order valence-electron chi connectivity index (χ0n) is 22.0. The van der Waals surface area contributed by atoms with Crippen LogP contribution in [0.2, 0.25) is 0 Å². The quantitative estimate of drug-likeness (QED) is 0.527. The van der Waals surface area contributed by atoms with Crippen LogP contribution in [-0.2, 0) is 35.1 Å². The van der Waals surface area contributed by atoms with Gasteiger partial charge in [-0.15, -0.1) is 0 Å². The molecule has 9 heteroatoms. The van der Waals surface area contributed by atoms with Gasteiger partial charge < -0.3 is 9.64 Å². The predicted molar refractivity (Wildman–Crippen MR) is 143 cm³/mol. The number of hydrogen-bond acceptors (Lipinski definition) is 6. The number of hydrogen-bond donors (Lipinski definition) is 1. The monoisotopic (exact) mass is 525 g/mol. The lowest BCUT2D eigenvalue weighted by molar-refractivity contribution is -0.136. The van der Waals surface area contributed by atoms with Gasteiger partial charge in [-0.3, -0.25) is 29.3 Å². The standard InChI is InChI=1S/C30H31N5O4/c1-33-15-20(26(32-33)19-5-3-2-4-6-19)16-34-13-11-30(12-14-34)18-39-27-22-17-35(24-9-10-25(36)31-28(24)37)29(38)21(22)7-8-23(27)30/h2-8,15,24H,9-14,16-18H2,1H3,(H,31,36,37). The summed E-state index contributed by atoms with van der Waals surface area (Å²) in [6, 6.07) is 13.7. The molecule has 2 aromatic carbocycles. The number of rotatable bonds is 4. The summed E-state index contributed by atoms with van der Waals surface area (Å²) in [5, 5.41) is 7.11. The molecule has 1 atom stereocenters. The fourth-order valence-electron chi connectivity index (χ4n) is 6.77. The molecule has 7 rings (SSSR count). The molecule has 2 saturated heterocycles. The molecule has 1 spiro atoms. The Morgan fingerprint density at radius 1 is 1.08 bits per heavy atom. The molecule has 1 unspecified atom stereocenters. The van der Waals surface area contributed by atoms with Crippen LogP contribution in [0.15, 0.2) is 48.7 Å². The normalized spacial score (nSPS) is 22.1. The molecule has 3 aromatic rings. The van der Waals surface area contributed by atoms with Gasteiger partial charge in [-0.05, 0) is 38.4 Å². The van der Waals surface area contributed by atoms with E-state index in [1.54, 1.807) is 4.90 Å². The van der Waals surface area contributed by atoms with Gasteiger partial charge in [0.05, 0.1) is 18.8 Å². The fraction of sp³-hybridized carbons (Fsp3) is 0.400. The van der Waals surface area contributed by atoms with Crippen LogP contribution < -0.4 is 10.1 Å². The van der Waals surface area contributed by atoms with E-state index in [9.17, 15) is 14.4 Å². The SMILES string of the molecule is Cn1cc(CN2CCC3(CC2)COc2c3ccc3c2CN(C2CCC(=O)NC2=O)C3=O)c(-c2ccccc2)n1. The van der Waals surface area contributed by atoms with Gasteiger partial charge in [0.1, 0.15) is 11.8 Å². The minimum atomic E-state index is -0.620. The van der Waals surface area contributed by atoms with Gasteiger partial charge >= 0.3 is 0 Å². The van der Waals surface area contributed by atoms with Gasteiger partial charge in [0.2, 0.25) is 11.8 Å². The number of nitrogens with one attached hydrogen (secondary N) is 1. The van der Waals surface area contributed by atoms with Crippen LogP contribution in [0.25, 0.3) is 11.3 Å². The number of piperidine rings is 2. The van der Waals surface area contributed by atoms with Crippen molar-refractivity contribution in [3.63, 3.8) is 0 Å². The third-order valence-corrected chi connectivity index (χ3v) is 8.89. The van der Waals surface area contributed by atoms with Gasteiger partial charge in [0, 0.05) is 59.4 Å². The average Bonchev–Trinajstić information content (AvgIpc) is 3.59. The predicted octanol–water partition coefficient (Wildman–Crippen LogP) is 2.77. The summed E-state index contributed by atoms with van der Waals surface area (Å²) in [7, 11) is 1.97. The smallest absolute Gasteiger partial charge is 0.255 e. The van der Waals surface area contributed by atoms with E-state index in [1.165, 1.54) is 11.1 Å². The largest absolute Gasteiger partial charge is 0.492 e. The molecule has 9 nitrogen and oxygen atoms in total. The first-order valence-corrected chi connectivity index (χ1v) is 13.7. The molecular weight excluding hydrogens is 494 g/mol. The van der Waals surface area contributed by atoms with E-state index in [1.807, 2.05) is 36.0 Å². The van der Waals surface area contributed by atoms with Crippen molar-refractivity contribution in [2.45, 2.75) is 50.2 Å². The summed E-state index contributed by atoms with van der Waals surface area (Å²) in [6.07, 6.45) is 4.68. The molecule has 1 N–H and O–H groups in total. The van der Waals surface area contributed by atoms with E-state index in [0.29, 0.717) is 25.1 Å². The zero-order valence-corrected chi connectivity index (χ0v) is 22.0. The highest BCUT2D eigenvalue weighted by Crippen LogP contribution is 2.49. The molecule has 200 valence electrons. The third kappa shape index (κ3) is 3.95. The van der Waals surface area contributed by atoms with Crippen molar-refractivity contribution in [2.75, 3.05) is 19.7 Å². The number of likely N-dealkylation sites (tertiary alicyclic amines) is 1. The Hall–Kier alpha value is -3.98. The Labute approximate surface area is 226 Å². The number of benzene rings is 2. The molecule has 0 aliphatic carbocycles.